The van der Waals surface area contributed by atoms with Crippen LogP contribution in [0.15, 0.2) is 18.2 Å². The fourth-order valence-electron chi connectivity index (χ4n) is 7.07. The molecule has 0 N–H and O–H groups in total. The molecule has 0 heterocycles. The van der Waals surface area contributed by atoms with Crippen molar-refractivity contribution in [3.8, 4) is 5.75 Å². The first kappa shape index (κ1) is 28.5. The minimum atomic E-state index is -5.48. The average molecular weight is 537 g/mol. The van der Waals surface area contributed by atoms with Crippen molar-refractivity contribution >= 4 is 0 Å². The molecule has 2 fully saturated rings. The number of benzene rings is 1. The standard InChI is InChI=1S/C28H38F6O3/c1-3-4-14-35-19-7-9-20-18(17-19)6-8-22-21(20)12-13-26(2)23(22)10-11-24(26)36-15-5-16-37-25(27(29,30)31)28(32,33)34/h7,9,17,21-25H,3-6,8,10-16H2,1-2H3/t21-,22-,23+,24+,26+/m1/s1. The summed E-state index contributed by atoms with van der Waals surface area (Å²) >= 11 is 0. The van der Waals surface area contributed by atoms with Crippen LogP contribution in [-0.2, 0) is 15.9 Å². The molecule has 0 unspecified atom stereocenters. The van der Waals surface area contributed by atoms with Crippen LogP contribution >= 0.6 is 0 Å². The summed E-state index contributed by atoms with van der Waals surface area (Å²) in [6, 6.07) is 6.55. The van der Waals surface area contributed by atoms with E-state index in [2.05, 4.69) is 36.8 Å². The van der Waals surface area contributed by atoms with Crippen molar-refractivity contribution in [1.82, 2.24) is 0 Å². The molecule has 0 spiro atoms. The molecular weight excluding hydrogens is 498 g/mol. The van der Waals surface area contributed by atoms with E-state index >= 15 is 0 Å². The van der Waals surface area contributed by atoms with Gasteiger partial charge in [0.1, 0.15) is 5.75 Å². The van der Waals surface area contributed by atoms with Crippen molar-refractivity contribution in [2.75, 3.05) is 19.8 Å². The lowest BCUT2D eigenvalue weighted by molar-refractivity contribution is -0.322. The molecule has 0 amide bonds. The molecule has 4 rings (SSSR count). The zero-order chi connectivity index (χ0) is 26.8. The van der Waals surface area contributed by atoms with Gasteiger partial charge < -0.3 is 14.2 Å². The van der Waals surface area contributed by atoms with Gasteiger partial charge >= 0.3 is 12.4 Å². The molecule has 0 radical (unpaired) electrons. The molecule has 1 aromatic rings. The van der Waals surface area contributed by atoms with E-state index < -0.39 is 25.1 Å². The van der Waals surface area contributed by atoms with Crippen LogP contribution in [0.25, 0.3) is 0 Å². The van der Waals surface area contributed by atoms with Gasteiger partial charge in [0.25, 0.3) is 0 Å². The van der Waals surface area contributed by atoms with E-state index in [0.717, 1.165) is 63.7 Å². The van der Waals surface area contributed by atoms with E-state index in [0.29, 0.717) is 17.8 Å². The van der Waals surface area contributed by atoms with Gasteiger partial charge in [0, 0.05) is 13.2 Å². The number of rotatable bonds is 10. The molecule has 0 saturated heterocycles. The Morgan fingerprint density at radius 3 is 2.41 bits per heavy atom. The minimum Gasteiger partial charge on any atom is -0.494 e. The number of aryl methyl sites for hydroxylation is 1. The van der Waals surface area contributed by atoms with E-state index in [-0.39, 0.29) is 24.5 Å². The molecule has 210 valence electrons. The van der Waals surface area contributed by atoms with Gasteiger partial charge in [0.05, 0.1) is 12.7 Å². The molecule has 5 atom stereocenters. The summed E-state index contributed by atoms with van der Waals surface area (Å²) in [6.07, 6.45) is -6.51. The predicted octanol–water partition coefficient (Wildman–Crippen LogP) is 8.01. The Morgan fingerprint density at radius 2 is 1.70 bits per heavy atom. The summed E-state index contributed by atoms with van der Waals surface area (Å²) < 4.78 is 92.0. The Bertz CT molecular complexity index is 887. The van der Waals surface area contributed by atoms with Gasteiger partial charge in [-0.2, -0.15) is 26.3 Å². The van der Waals surface area contributed by atoms with Crippen LogP contribution in [0, 0.1) is 17.3 Å². The molecule has 3 aliphatic rings. The summed E-state index contributed by atoms with van der Waals surface area (Å²) in [5, 5.41) is 0. The first-order valence-electron chi connectivity index (χ1n) is 13.6. The normalized spacial score (nSPS) is 29.6. The highest BCUT2D eigenvalue weighted by Crippen LogP contribution is 2.61. The Morgan fingerprint density at radius 1 is 0.946 bits per heavy atom. The van der Waals surface area contributed by atoms with Crippen LogP contribution < -0.4 is 4.74 Å². The van der Waals surface area contributed by atoms with Crippen molar-refractivity contribution in [3.05, 3.63) is 29.3 Å². The van der Waals surface area contributed by atoms with Gasteiger partial charge in [0.2, 0.25) is 6.10 Å². The van der Waals surface area contributed by atoms with Gasteiger partial charge in [-0.1, -0.05) is 26.3 Å². The largest absolute Gasteiger partial charge is 0.494 e. The maximum Gasteiger partial charge on any atom is 0.423 e. The molecule has 9 heteroatoms. The highest BCUT2D eigenvalue weighted by molar-refractivity contribution is 5.40. The van der Waals surface area contributed by atoms with Crippen molar-refractivity contribution in [1.29, 1.82) is 0 Å². The summed E-state index contributed by atoms with van der Waals surface area (Å²) in [5.41, 5.74) is 2.80. The molecule has 0 aliphatic heterocycles. The van der Waals surface area contributed by atoms with Crippen LogP contribution in [0.2, 0.25) is 0 Å². The second-order valence-corrected chi connectivity index (χ2v) is 11.1. The Kier molecular flexibility index (Phi) is 8.73. The van der Waals surface area contributed by atoms with E-state index in [1.165, 1.54) is 11.1 Å². The second-order valence-electron chi connectivity index (χ2n) is 11.1. The Balaban J connectivity index is 1.30. The Hall–Kier alpha value is -1.48. The van der Waals surface area contributed by atoms with Crippen molar-refractivity contribution in [3.63, 3.8) is 0 Å². The van der Waals surface area contributed by atoms with Gasteiger partial charge in [-0.05, 0) is 97.8 Å². The average Bonchev–Trinajstić information content (AvgIpc) is 3.15. The number of unbranched alkanes of at least 4 members (excludes halogenated alkanes) is 1. The summed E-state index contributed by atoms with van der Waals surface area (Å²) in [5.74, 6) is 2.53. The smallest absolute Gasteiger partial charge is 0.423 e. The fraction of sp³-hybridized carbons (Fsp3) is 0.786. The second kappa shape index (κ2) is 11.3. The third kappa shape index (κ3) is 6.23. The van der Waals surface area contributed by atoms with Crippen LogP contribution in [0.4, 0.5) is 26.3 Å². The molecule has 0 bridgehead atoms. The van der Waals surface area contributed by atoms with Gasteiger partial charge in [-0.25, -0.2) is 0 Å². The lowest BCUT2D eigenvalue weighted by Gasteiger charge is -2.50. The molecule has 3 aliphatic carbocycles. The van der Waals surface area contributed by atoms with Crippen molar-refractivity contribution < 1.29 is 40.6 Å². The number of ether oxygens (including phenoxy) is 3. The van der Waals surface area contributed by atoms with Gasteiger partial charge in [0.15, 0.2) is 0 Å². The van der Waals surface area contributed by atoms with Crippen molar-refractivity contribution in [2.24, 2.45) is 17.3 Å². The predicted molar refractivity (Wildman–Crippen MR) is 128 cm³/mol. The number of hydrogen-bond donors (Lipinski definition) is 0. The molecule has 0 aromatic heterocycles. The monoisotopic (exact) mass is 536 g/mol. The highest BCUT2D eigenvalue weighted by atomic mass is 19.4. The van der Waals surface area contributed by atoms with E-state index in [1.54, 1.807) is 0 Å². The highest BCUT2D eigenvalue weighted by Gasteiger charge is 2.58. The zero-order valence-corrected chi connectivity index (χ0v) is 21.6. The van der Waals surface area contributed by atoms with E-state index in [9.17, 15) is 26.3 Å². The Labute approximate surface area is 215 Å². The maximum absolute atomic E-state index is 12.6. The maximum atomic E-state index is 12.6. The summed E-state index contributed by atoms with van der Waals surface area (Å²) in [7, 11) is 0. The number of hydrogen-bond acceptors (Lipinski definition) is 3. The third-order valence-electron chi connectivity index (χ3n) is 8.86. The van der Waals surface area contributed by atoms with Crippen molar-refractivity contribution in [2.45, 2.75) is 102 Å². The molecule has 2 saturated carbocycles. The van der Waals surface area contributed by atoms with Crippen LogP contribution in [0.3, 0.4) is 0 Å². The van der Waals surface area contributed by atoms with Crippen LogP contribution in [-0.4, -0.2) is 44.4 Å². The van der Waals surface area contributed by atoms with Crippen LogP contribution in [0.5, 0.6) is 5.75 Å². The topological polar surface area (TPSA) is 27.7 Å². The molecule has 37 heavy (non-hydrogen) atoms. The SMILES string of the molecule is CCCCOc1ccc2c(c1)CC[C@@H]1[C@@H]2CC[C@]2(C)[C@@H](OCCCOC(C(F)(F)F)C(F)(F)F)CC[C@@H]12. The van der Waals surface area contributed by atoms with E-state index in [1.807, 2.05) is 0 Å². The fourth-order valence-corrected chi connectivity index (χ4v) is 7.07. The summed E-state index contributed by atoms with van der Waals surface area (Å²) in [4.78, 5) is 0. The first-order valence-corrected chi connectivity index (χ1v) is 13.6. The third-order valence-corrected chi connectivity index (χ3v) is 8.86. The zero-order valence-electron chi connectivity index (χ0n) is 21.6. The minimum absolute atomic E-state index is 0.0119. The molecular formula is C28H38F6O3. The summed E-state index contributed by atoms with van der Waals surface area (Å²) in [6.45, 7) is 4.58. The lowest BCUT2D eigenvalue weighted by atomic mass is 9.55. The molecule has 1 aromatic carbocycles. The van der Waals surface area contributed by atoms with E-state index in [4.69, 9.17) is 9.47 Å². The van der Waals surface area contributed by atoms with Gasteiger partial charge in [-0.3, -0.25) is 0 Å². The van der Waals surface area contributed by atoms with Gasteiger partial charge in [-0.15, -0.1) is 0 Å². The number of fused-ring (bicyclic) bond motifs is 5. The quantitative estimate of drug-likeness (QED) is 0.224. The lowest BCUT2D eigenvalue weighted by Crippen LogP contribution is -2.45. The molecule has 3 nitrogen and oxygen atoms in total. The number of halogens is 6. The first-order chi connectivity index (χ1) is 17.4. The number of alkyl halides is 6. The van der Waals surface area contributed by atoms with Crippen LogP contribution in [0.1, 0.15) is 82.3 Å².